The summed E-state index contributed by atoms with van der Waals surface area (Å²) in [5.74, 6) is -0.478. The van der Waals surface area contributed by atoms with Gasteiger partial charge in [-0.2, -0.15) is 13.2 Å². The molecule has 0 aromatic heterocycles. The molecule has 0 spiro atoms. The van der Waals surface area contributed by atoms with Gasteiger partial charge in [0.25, 0.3) is 0 Å². The monoisotopic (exact) mass is 512 g/mol. The molecule has 6 nitrogen and oxygen atoms in total. The third-order valence-corrected chi connectivity index (χ3v) is 6.35. The molecule has 0 aliphatic heterocycles. The van der Waals surface area contributed by atoms with Crippen LogP contribution < -0.4 is 10.6 Å². The summed E-state index contributed by atoms with van der Waals surface area (Å²) in [6.45, 7) is 2.07. The SMILES string of the molecule is CCOC(=O)CC1CCc2cc(-c3ccc(NC(=O)Nc4cccc(C(F)(F)F)c4)cc3)ccc2C1O. The molecular formula is C28H27F3N2O4. The second kappa shape index (κ2) is 11.0. The number of amides is 2. The van der Waals surface area contributed by atoms with Crippen LogP contribution in [-0.4, -0.2) is 23.7 Å². The van der Waals surface area contributed by atoms with E-state index < -0.39 is 23.9 Å². The fourth-order valence-corrected chi connectivity index (χ4v) is 4.50. The number of nitrogens with one attached hydrogen (secondary N) is 2. The second-order valence-electron chi connectivity index (χ2n) is 8.90. The first-order chi connectivity index (χ1) is 17.6. The molecule has 3 aromatic rings. The highest BCUT2D eigenvalue weighted by molar-refractivity contribution is 5.99. The Morgan fingerprint density at radius 2 is 1.68 bits per heavy atom. The number of ether oxygens (including phenoxy) is 1. The van der Waals surface area contributed by atoms with Crippen molar-refractivity contribution in [2.75, 3.05) is 17.2 Å². The van der Waals surface area contributed by atoms with Crippen molar-refractivity contribution >= 4 is 23.4 Å². The summed E-state index contributed by atoms with van der Waals surface area (Å²) in [5.41, 5.74) is 3.33. The number of esters is 1. The molecule has 1 aliphatic carbocycles. The maximum absolute atomic E-state index is 12.9. The Morgan fingerprint density at radius 1 is 0.973 bits per heavy atom. The Hall–Kier alpha value is -3.85. The molecule has 2 atom stereocenters. The van der Waals surface area contributed by atoms with Crippen molar-refractivity contribution < 1.29 is 32.6 Å². The van der Waals surface area contributed by atoms with Crippen LogP contribution in [0.25, 0.3) is 11.1 Å². The minimum Gasteiger partial charge on any atom is -0.466 e. The van der Waals surface area contributed by atoms with E-state index in [9.17, 15) is 27.9 Å². The molecule has 194 valence electrons. The Labute approximate surface area is 212 Å². The first-order valence-electron chi connectivity index (χ1n) is 12.0. The highest BCUT2D eigenvalue weighted by Gasteiger charge is 2.31. The summed E-state index contributed by atoms with van der Waals surface area (Å²) in [6, 6.07) is 16.6. The molecule has 0 radical (unpaired) electrons. The van der Waals surface area contributed by atoms with Crippen LogP contribution in [0, 0.1) is 5.92 Å². The Balaban J connectivity index is 1.39. The van der Waals surface area contributed by atoms with E-state index >= 15 is 0 Å². The van der Waals surface area contributed by atoms with Gasteiger partial charge in [-0.15, -0.1) is 0 Å². The lowest BCUT2D eigenvalue weighted by Gasteiger charge is -2.30. The third-order valence-electron chi connectivity index (χ3n) is 6.35. The van der Waals surface area contributed by atoms with Gasteiger partial charge < -0.3 is 20.5 Å². The van der Waals surface area contributed by atoms with Crippen LogP contribution in [-0.2, 0) is 22.1 Å². The molecule has 37 heavy (non-hydrogen) atoms. The summed E-state index contributed by atoms with van der Waals surface area (Å²) in [6.07, 6.45) is -3.63. The number of aliphatic hydroxyl groups is 1. The van der Waals surface area contributed by atoms with E-state index in [1.54, 1.807) is 19.1 Å². The smallest absolute Gasteiger partial charge is 0.416 e. The number of alkyl halides is 3. The number of hydrogen-bond acceptors (Lipinski definition) is 4. The number of carbonyl (C=O) groups excluding carboxylic acids is 2. The van der Waals surface area contributed by atoms with E-state index in [1.165, 1.54) is 12.1 Å². The quantitative estimate of drug-likeness (QED) is 0.326. The first kappa shape index (κ1) is 26.2. The number of carbonyl (C=O) groups is 2. The van der Waals surface area contributed by atoms with Gasteiger partial charge in [0.2, 0.25) is 0 Å². The molecule has 0 heterocycles. The van der Waals surface area contributed by atoms with E-state index in [0.29, 0.717) is 18.7 Å². The van der Waals surface area contributed by atoms with Crippen LogP contribution in [0.4, 0.5) is 29.3 Å². The molecule has 9 heteroatoms. The van der Waals surface area contributed by atoms with E-state index in [4.69, 9.17) is 4.74 Å². The van der Waals surface area contributed by atoms with Gasteiger partial charge in [0.1, 0.15) is 0 Å². The van der Waals surface area contributed by atoms with Gasteiger partial charge in [-0.25, -0.2) is 4.79 Å². The lowest BCUT2D eigenvalue weighted by atomic mass is 9.79. The highest BCUT2D eigenvalue weighted by atomic mass is 19.4. The molecule has 1 aliphatic rings. The molecule has 3 aromatic carbocycles. The van der Waals surface area contributed by atoms with Crippen molar-refractivity contribution in [1.82, 2.24) is 0 Å². The van der Waals surface area contributed by atoms with Crippen LogP contribution in [0.3, 0.4) is 0 Å². The van der Waals surface area contributed by atoms with Gasteiger partial charge in [0.05, 0.1) is 24.7 Å². The molecule has 0 fully saturated rings. The van der Waals surface area contributed by atoms with Crippen molar-refractivity contribution in [2.24, 2.45) is 5.92 Å². The standard InChI is InChI=1S/C28H27F3N2O4/c1-2-37-25(34)15-20-7-6-19-14-18(10-13-24(19)26(20)35)17-8-11-22(12-9-17)32-27(36)33-23-5-3-4-21(16-23)28(29,30)31/h3-5,8-14,16,20,26,35H,2,6-7,15H2,1H3,(H2,32,33,36). The zero-order valence-electron chi connectivity index (χ0n) is 20.1. The summed E-state index contributed by atoms with van der Waals surface area (Å²) in [7, 11) is 0. The number of urea groups is 1. The normalized spacial score (nSPS) is 17.0. The van der Waals surface area contributed by atoms with Gasteiger partial charge in [-0.3, -0.25) is 4.79 Å². The number of halogens is 3. The van der Waals surface area contributed by atoms with Crippen molar-refractivity contribution in [3.8, 4) is 11.1 Å². The van der Waals surface area contributed by atoms with Crippen molar-refractivity contribution in [2.45, 2.75) is 38.5 Å². The van der Waals surface area contributed by atoms with Gasteiger partial charge >= 0.3 is 18.2 Å². The molecular weight excluding hydrogens is 485 g/mol. The van der Waals surface area contributed by atoms with E-state index in [1.807, 2.05) is 30.3 Å². The maximum Gasteiger partial charge on any atom is 0.416 e. The summed E-state index contributed by atoms with van der Waals surface area (Å²) in [4.78, 5) is 24.1. The lowest BCUT2D eigenvalue weighted by molar-refractivity contribution is -0.145. The summed E-state index contributed by atoms with van der Waals surface area (Å²) in [5, 5.41) is 15.8. The van der Waals surface area contributed by atoms with Crippen LogP contribution in [0.15, 0.2) is 66.7 Å². The molecule has 2 amide bonds. The highest BCUT2D eigenvalue weighted by Crippen LogP contribution is 2.38. The van der Waals surface area contributed by atoms with Crippen molar-refractivity contribution in [1.29, 1.82) is 0 Å². The van der Waals surface area contributed by atoms with Crippen LogP contribution in [0.1, 0.15) is 42.6 Å². The first-order valence-corrected chi connectivity index (χ1v) is 12.0. The van der Waals surface area contributed by atoms with E-state index in [0.717, 1.165) is 40.8 Å². The number of aliphatic hydroxyl groups excluding tert-OH is 1. The van der Waals surface area contributed by atoms with Crippen molar-refractivity contribution in [3.63, 3.8) is 0 Å². The zero-order valence-corrected chi connectivity index (χ0v) is 20.1. The topological polar surface area (TPSA) is 87.7 Å². The molecule has 0 bridgehead atoms. The molecule has 3 N–H and O–H groups in total. The molecule has 4 rings (SSSR count). The van der Waals surface area contributed by atoms with Gasteiger partial charge in [-0.1, -0.05) is 36.4 Å². The fourth-order valence-electron chi connectivity index (χ4n) is 4.50. The Morgan fingerprint density at radius 3 is 2.38 bits per heavy atom. The predicted octanol–water partition coefficient (Wildman–Crippen LogP) is 6.57. The Kier molecular flexibility index (Phi) is 7.83. The third kappa shape index (κ3) is 6.48. The Bertz CT molecular complexity index is 1280. The molecule has 0 saturated heterocycles. The number of anilines is 2. The second-order valence-corrected chi connectivity index (χ2v) is 8.90. The number of aryl methyl sites for hydroxylation is 1. The van der Waals surface area contributed by atoms with E-state index in [2.05, 4.69) is 10.6 Å². The van der Waals surface area contributed by atoms with Gasteiger partial charge in [0.15, 0.2) is 0 Å². The lowest BCUT2D eigenvalue weighted by Crippen LogP contribution is -2.24. The van der Waals surface area contributed by atoms with Gasteiger partial charge in [-0.05, 0) is 78.3 Å². The summed E-state index contributed by atoms with van der Waals surface area (Å²) >= 11 is 0. The maximum atomic E-state index is 12.9. The minimum absolute atomic E-state index is 0.0321. The minimum atomic E-state index is -4.50. The largest absolute Gasteiger partial charge is 0.466 e. The number of hydrogen-bond donors (Lipinski definition) is 3. The molecule has 2 unspecified atom stereocenters. The number of fused-ring (bicyclic) bond motifs is 1. The van der Waals surface area contributed by atoms with Crippen molar-refractivity contribution in [3.05, 3.63) is 83.4 Å². The zero-order chi connectivity index (χ0) is 26.6. The molecule has 0 saturated carbocycles. The van der Waals surface area contributed by atoms with Crippen LogP contribution in [0.5, 0.6) is 0 Å². The fraction of sp³-hybridized carbons (Fsp3) is 0.286. The number of rotatable bonds is 6. The van der Waals surface area contributed by atoms with Crippen LogP contribution in [0.2, 0.25) is 0 Å². The predicted molar refractivity (Wildman–Crippen MR) is 134 cm³/mol. The summed E-state index contributed by atoms with van der Waals surface area (Å²) < 4.78 is 43.6. The average Bonchev–Trinajstić information content (AvgIpc) is 2.86. The average molecular weight is 513 g/mol. The number of benzene rings is 3. The van der Waals surface area contributed by atoms with Gasteiger partial charge in [0, 0.05) is 11.4 Å². The van der Waals surface area contributed by atoms with Crippen LogP contribution >= 0.6 is 0 Å². The van der Waals surface area contributed by atoms with E-state index in [-0.39, 0.29) is 24.0 Å².